The van der Waals surface area contributed by atoms with E-state index in [9.17, 15) is 4.79 Å². The van der Waals surface area contributed by atoms with Crippen LogP contribution in [0.4, 0.5) is 0 Å². The Labute approximate surface area is 164 Å². The number of ether oxygens (including phenoxy) is 3. The molecular weight excluding hydrogens is 358 g/mol. The van der Waals surface area contributed by atoms with Gasteiger partial charge in [0.05, 0.1) is 33.1 Å². The topological polar surface area (TPSA) is 72.4 Å². The number of carbonyl (C=O) groups excluding carboxylic acids is 1. The van der Waals surface area contributed by atoms with Crippen molar-refractivity contribution in [1.82, 2.24) is 10.3 Å². The van der Waals surface area contributed by atoms with Crippen molar-refractivity contribution >= 4 is 12.1 Å². The number of nitrogens with one attached hydrogen (secondary N) is 1. The number of hydrogen-bond donors (Lipinski definition) is 1. The molecule has 1 aliphatic heterocycles. The average molecular weight is 383 g/mol. The molecule has 7 nitrogen and oxygen atoms in total. The fourth-order valence-electron chi connectivity index (χ4n) is 2.80. The van der Waals surface area contributed by atoms with E-state index in [-0.39, 0.29) is 5.91 Å². The number of amides is 1. The van der Waals surface area contributed by atoms with Crippen molar-refractivity contribution in [2.75, 3.05) is 40.0 Å². The van der Waals surface area contributed by atoms with Crippen LogP contribution in [0.15, 0.2) is 53.6 Å². The summed E-state index contributed by atoms with van der Waals surface area (Å²) in [6, 6.07) is 15.4. The minimum atomic E-state index is -0.145. The van der Waals surface area contributed by atoms with Crippen molar-refractivity contribution in [1.29, 1.82) is 0 Å². The van der Waals surface area contributed by atoms with Crippen LogP contribution in [-0.4, -0.2) is 57.0 Å². The second-order valence-electron chi connectivity index (χ2n) is 6.37. The molecule has 28 heavy (non-hydrogen) atoms. The molecule has 1 saturated heterocycles. The highest BCUT2D eigenvalue weighted by Gasteiger charge is 2.13. The largest absolute Gasteiger partial charge is 0.493 e. The first-order chi connectivity index (χ1) is 13.7. The molecule has 0 bridgehead atoms. The third-order valence-electron chi connectivity index (χ3n) is 4.30. The summed E-state index contributed by atoms with van der Waals surface area (Å²) < 4.78 is 16.5. The number of rotatable bonds is 8. The highest BCUT2D eigenvalue weighted by molar-refractivity contribution is 5.83. The number of hydrogen-bond acceptors (Lipinski definition) is 6. The van der Waals surface area contributed by atoms with Gasteiger partial charge >= 0.3 is 0 Å². The first-order valence-corrected chi connectivity index (χ1v) is 9.21. The van der Waals surface area contributed by atoms with Crippen LogP contribution in [0, 0.1) is 0 Å². The van der Waals surface area contributed by atoms with Gasteiger partial charge in [-0.2, -0.15) is 5.10 Å². The molecule has 0 saturated carbocycles. The van der Waals surface area contributed by atoms with Crippen LogP contribution in [0.3, 0.4) is 0 Å². The fourth-order valence-corrected chi connectivity index (χ4v) is 2.80. The lowest BCUT2D eigenvalue weighted by Crippen LogP contribution is -2.42. The van der Waals surface area contributed by atoms with E-state index in [2.05, 4.69) is 10.5 Å². The molecule has 7 heteroatoms. The van der Waals surface area contributed by atoms with Gasteiger partial charge in [-0.3, -0.25) is 9.69 Å². The van der Waals surface area contributed by atoms with Crippen molar-refractivity contribution in [2.45, 2.75) is 6.61 Å². The standard InChI is InChI=1S/C21H25N3O4/c1-26-20-13-18(7-8-19(20)28-16-17-5-3-2-4-6-17)14-22-23-21(25)15-24-9-11-27-12-10-24/h2-8,13-14H,9-12,15-16H2,1H3,(H,23,25). The van der Waals surface area contributed by atoms with E-state index < -0.39 is 0 Å². The lowest BCUT2D eigenvalue weighted by atomic mass is 10.2. The van der Waals surface area contributed by atoms with Gasteiger partial charge in [0.2, 0.25) is 0 Å². The second kappa shape index (κ2) is 10.4. The highest BCUT2D eigenvalue weighted by Crippen LogP contribution is 2.28. The fraction of sp³-hybridized carbons (Fsp3) is 0.333. The van der Waals surface area contributed by atoms with Crippen molar-refractivity contribution in [3.63, 3.8) is 0 Å². The summed E-state index contributed by atoms with van der Waals surface area (Å²) in [5.74, 6) is 1.12. The molecule has 0 atom stereocenters. The Bertz CT molecular complexity index is 789. The normalized spacial score (nSPS) is 14.8. The van der Waals surface area contributed by atoms with Crippen LogP contribution >= 0.6 is 0 Å². The van der Waals surface area contributed by atoms with Crippen molar-refractivity contribution in [3.8, 4) is 11.5 Å². The van der Waals surface area contributed by atoms with E-state index >= 15 is 0 Å². The molecule has 0 aromatic heterocycles. The molecule has 0 spiro atoms. The SMILES string of the molecule is COc1cc(C=NNC(=O)CN2CCOCC2)ccc1OCc1ccccc1. The van der Waals surface area contributed by atoms with Crippen molar-refractivity contribution < 1.29 is 19.0 Å². The third-order valence-corrected chi connectivity index (χ3v) is 4.30. The molecule has 0 aliphatic carbocycles. The van der Waals surface area contributed by atoms with Crippen molar-refractivity contribution in [3.05, 3.63) is 59.7 Å². The molecule has 0 radical (unpaired) electrons. The molecule has 3 rings (SSSR count). The lowest BCUT2D eigenvalue weighted by molar-refractivity contribution is -0.123. The Kier molecular flexibility index (Phi) is 7.40. The summed E-state index contributed by atoms with van der Waals surface area (Å²) >= 11 is 0. The van der Waals surface area contributed by atoms with Gasteiger partial charge in [0, 0.05) is 13.1 Å². The molecule has 1 N–H and O–H groups in total. The van der Waals surface area contributed by atoms with Gasteiger partial charge < -0.3 is 14.2 Å². The Morgan fingerprint density at radius 2 is 1.96 bits per heavy atom. The predicted octanol–water partition coefficient (Wildman–Crippen LogP) is 2.06. The summed E-state index contributed by atoms with van der Waals surface area (Å²) in [6.07, 6.45) is 1.58. The Morgan fingerprint density at radius 1 is 1.18 bits per heavy atom. The van der Waals surface area contributed by atoms with Gasteiger partial charge in [0.1, 0.15) is 6.61 Å². The molecule has 148 valence electrons. The van der Waals surface area contributed by atoms with Gasteiger partial charge in [0.15, 0.2) is 11.5 Å². The smallest absolute Gasteiger partial charge is 0.254 e. The number of methoxy groups -OCH3 is 1. The van der Waals surface area contributed by atoms with E-state index in [1.807, 2.05) is 53.4 Å². The molecular formula is C21H25N3O4. The van der Waals surface area contributed by atoms with Gasteiger partial charge in [-0.05, 0) is 29.3 Å². The van der Waals surface area contributed by atoms with E-state index in [1.54, 1.807) is 13.3 Å². The molecule has 2 aromatic rings. The van der Waals surface area contributed by atoms with E-state index in [0.717, 1.165) is 24.2 Å². The van der Waals surface area contributed by atoms with E-state index in [4.69, 9.17) is 14.2 Å². The molecule has 0 unspecified atom stereocenters. The van der Waals surface area contributed by atoms with Gasteiger partial charge in [0.25, 0.3) is 5.91 Å². The third kappa shape index (κ3) is 6.07. The van der Waals surface area contributed by atoms with Crippen LogP contribution in [0.2, 0.25) is 0 Å². The minimum absolute atomic E-state index is 0.145. The molecule has 2 aromatic carbocycles. The predicted molar refractivity (Wildman–Crippen MR) is 107 cm³/mol. The summed E-state index contributed by atoms with van der Waals surface area (Å²) in [6.45, 7) is 3.63. The average Bonchev–Trinajstić information content (AvgIpc) is 2.74. The number of nitrogens with zero attached hydrogens (tertiary/aromatic N) is 2. The van der Waals surface area contributed by atoms with Crippen LogP contribution in [0.25, 0.3) is 0 Å². The quantitative estimate of drug-likeness (QED) is 0.558. The number of benzene rings is 2. The molecule has 1 aliphatic rings. The summed E-state index contributed by atoms with van der Waals surface area (Å²) in [5.41, 5.74) is 4.44. The van der Waals surface area contributed by atoms with Crippen LogP contribution in [0.1, 0.15) is 11.1 Å². The maximum atomic E-state index is 11.9. The van der Waals surface area contributed by atoms with Gasteiger partial charge in [-0.25, -0.2) is 5.43 Å². The Hall–Kier alpha value is -2.90. The minimum Gasteiger partial charge on any atom is -0.493 e. The molecule has 1 fully saturated rings. The lowest BCUT2D eigenvalue weighted by Gasteiger charge is -2.25. The summed E-state index contributed by atoms with van der Waals surface area (Å²) in [7, 11) is 1.59. The maximum Gasteiger partial charge on any atom is 0.254 e. The Balaban J connectivity index is 1.52. The van der Waals surface area contributed by atoms with Gasteiger partial charge in [-0.15, -0.1) is 0 Å². The number of morpholine rings is 1. The summed E-state index contributed by atoms with van der Waals surface area (Å²) in [5, 5.41) is 4.03. The van der Waals surface area contributed by atoms with Crippen molar-refractivity contribution in [2.24, 2.45) is 5.10 Å². The number of hydrazone groups is 1. The van der Waals surface area contributed by atoms with Crippen LogP contribution < -0.4 is 14.9 Å². The summed E-state index contributed by atoms with van der Waals surface area (Å²) in [4.78, 5) is 14.0. The monoisotopic (exact) mass is 383 g/mol. The zero-order valence-electron chi connectivity index (χ0n) is 16.0. The number of carbonyl (C=O) groups is 1. The first-order valence-electron chi connectivity index (χ1n) is 9.21. The maximum absolute atomic E-state index is 11.9. The first kappa shape index (κ1) is 19.9. The zero-order valence-corrected chi connectivity index (χ0v) is 16.0. The van der Waals surface area contributed by atoms with E-state index in [0.29, 0.717) is 37.9 Å². The van der Waals surface area contributed by atoms with Crippen LogP contribution in [0.5, 0.6) is 11.5 Å². The second-order valence-corrected chi connectivity index (χ2v) is 6.37. The van der Waals surface area contributed by atoms with Gasteiger partial charge in [-0.1, -0.05) is 30.3 Å². The van der Waals surface area contributed by atoms with Crippen LogP contribution in [-0.2, 0) is 16.1 Å². The molecule has 1 amide bonds. The van der Waals surface area contributed by atoms with E-state index in [1.165, 1.54) is 0 Å². The highest BCUT2D eigenvalue weighted by atomic mass is 16.5. The Morgan fingerprint density at radius 3 is 2.71 bits per heavy atom. The molecule has 1 heterocycles. The zero-order chi connectivity index (χ0) is 19.6.